The van der Waals surface area contributed by atoms with Crippen molar-refractivity contribution in [1.29, 1.82) is 0 Å². The van der Waals surface area contributed by atoms with E-state index in [0.29, 0.717) is 6.42 Å². The molecule has 146 valence electrons. The molecule has 4 rings (SSSR count). The molecule has 0 aliphatic carbocycles. The smallest absolute Gasteiger partial charge is 0.227 e. The Labute approximate surface area is 168 Å². The van der Waals surface area contributed by atoms with E-state index in [1.54, 1.807) is 24.6 Å². The minimum Gasteiger partial charge on any atom is -0.385 e. The molecule has 1 amide bonds. The van der Waals surface area contributed by atoms with Gasteiger partial charge in [-0.05, 0) is 25.0 Å². The van der Waals surface area contributed by atoms with E-state index in [1.165, 1.54) is 0 Å². The van der Waals surface area contributed by atoms with Gasteiger partial charge in [0.1, 0.15) is 0 Å². The topological polar surface area (TPSA) is 72.3 Å². The Balaban J connectivity index is 1.39. The molecule has 3 aromatic rings. The first kappa shape index (κ1) is 18.6. The monoisotopic (exact) mass is 397 g/mol. The van der Waals surface area contributed by atoms with Crippen molar-refractivity contribution in [2.45, 2.75) is 25.8 Å². The quantitative estimate of drug-likeness (QED) is 0.584. The van der Waals surface area contributed by atoms with E-state index in [9.17, 15) is 4.79 Å². The van der Waals surface area contributed by atoms with Crippen LogP contribution >= 0.6 is 11.3 Å². The zero-order valence-corrected chi connectivity index (χ0v) is 16.6. The van der Waals surface area contributed by atoms with Crippen LogP contribution in [-0.4, -0.2) is 40.9 Å². The highest BCUT2D eigenvalue weighted by Crippen LogP contribution is 2.29. The molecule has 28 heavy (non-hydrogen) atoms. The van der Waals surface area contributed by atoms with Crippen LogP contribution in [0, 0.1) is 0 Å². The highest BCUT2D eigenvalue weighted by Gasteiger charge is 2.21. The lowest BCUT2D eigenvalue weighted by Gasteiger charge is -2.15. The summed E-state index contributed by atoms with van der Waals surface area (Å²) in [6, 6.07) is 8.03. The van der Waals surface area contributed by atoms with Crippen LogP contribution in [0.2, 0.25) is 0 Å². The fraction of sp³-hybridized carbons (Fsp3) is 0.350. The van der Waals surface area contributed by atoms with Crippen molar-refractivity contribution in [3.8, 4) is 11.3 Å². The predicted molar refractivity (Wildman–Crippen MR) is 111 cm³/mol. The van der Waals surface area contributed by atoms with Crippen LogP contribution in [0.5, 0.6) is 0 Å². The molecule has 7 nitrogen and oxygen atoms in total. The summed E-state index contributed by atoms with van der Waals surface area (Å²) >= 11 is 1.56. The van der Waals surface area contributed by atoms with Crippen molar-refractivity contribution in [2.75, 3.05) is 30.5 Å². The number of nitrogens with zero attached hydrogens (tertiary/aromatic N) is 4. The van der Waals surface area contributed by atoms with Crippen LogP contribution in [0.4, 0.5) is 16.5 Å². The standard InChI is InChI=1S/C20H23N5O2S/c1-27-11-3-9-24-13-16(12-21-24)22-20-23-18(14-28-20)15-5-7-17(8-6-15)25-10-2-4-19(25)26/h5-8,12-14H,2-4,9-11H2,1H3,(H,22,23). The Morgan fingerprint density at radius 2 is 2.14 bits per heavy atom. The van der Waals surface area contributed by atoms with Gasteiger partial charge in [0.2, 0.25) is 5.91 Å². The Kier molecular flexibility index (Phi) is 5.68. The molecule has 8 heteroatoms. The zero-order chi connectivity index (χ0) is 19.3. The van der Waals surface area contributed by atoms with Crippen LogP contribution in [0.25, 0.3) is 11.3 Å². The Morgan fingerprint density at radius 1 is 1.29 bits per heavy atom. The highest BCUT2D eigenvalue weighted by atomic mass is 32.1. The molecule has 2 aromatic heterocycles. The number of ether oxygens (including phenoxy) is 1. The van der Waals surface area contributed by atoms with Gasteiger partial charge < -0.3 is 15.0 Å². The summed E-state index contributed by atoms with van der Waals surface area (Å²) in [7, 11) is 1.70. The van der Waals surface area contributed by atoms with Crippen molar-refractivity contribution in [3.63, 3.8) is 0 Å². The summed E-state index contributed by atoms with van der Waals surface area (Å²) in [6.45, 7) is 2.36. The molecule has 0 bridgehead atoms. The molecule has 1 aromatic carbocycles. The first-order valence-electron chi connectivity index (χ1n) is 9.38. The average Bonchev–Trinajstić information content (AvgIpc) is 3.44. The maximum Gasteiger partial charge on any atom is 0.227 e. The number of nitrogens with one attached hydrogen (secondary N) is 1. The molecule has 0 radical (unpaired) electrons. The van der Waals surface area contributed by atoms with Gasteiger partial charge in [-0.3, -0.25) is 9.48 Å². The molecular weight excluding hydrogens is 374 g/mol. The highest BCUT2D eigenvalue weighted by molar-refractivity contribution is 7.14. The Morgan fingerprint density at radius 3 is 2.89 bits per heavy atom. The number of amides is 1. The van der Waals surface area contributed by atoms with Crippen LogP contribution < -0.4 is 10.2 Å². The van der Waals surface area contributed by atoms with Crippen molar-refractivity contribution in [3.05, 3.63) is 42.0 Å². The van der Waals surface area contributed by atoms with Gasteiger partial charge in [-0.2, -0.15) is 5.10 Å². The van der Waals surface area contributed by atoms with Crippen molar-refractivity contribution >= 4 is 33.8 Å². The molecule has 1 aliphatic rings. The number of hydrogen-bond donors (Lipinski definition) is 1. The molecular formula is C20H23N5O2S. The first-order valence-corrected chi connectivity index (χ1v) is 10.3. The first-order chi connectivity index (χ1) is 13.7. The maximum absolute atomic E-state index is 11.9. The predicted octanol–water partition coefficient (Wildman–Crippen LogP) is 3.91. The third kappa shape index (κ3) is 4.23. The van der Waals surface area contributed by atoms with Crippen molar-refractivity contribution < 1.29 is 9.53 Å². The van der Waals surface area contributed by atoms with E-state index >= 15 is 0 Å². The fourth-order valence-electron chi connectivity index (χ4n) is 3.24. The molecule has 1 aliphatic heterocycles. The van der Waals surface area contributed by atoms with E-state index in [-0.39, 0.29) is 5.91 Å². The number of hydrogen-bond acceptors (Lipinski definition) is 6. The minimum atomic E-state index is 0.204. The van der Waals surface area contributed by atoms with E-state index in [4.69, 9.17) is 4.74 Å². The second-order valence-electron chi connectivity index (χ2n) is 6.70. The second kappa shape index (κ2) is 8.53. The van der Waals surface area contributed by atoms with Gasteiger partial charge >= 0.3 is 0 Å². The number of rotatable bonds is 8. The number of benzene rings is 1. The van der Waals surface area contributed by atoms with Gasteiger partial charge in [0.25, 0.3) is 0 Å². The Bertz CT molecular complexity index is 934. The average molecular weight is 398 g/mol. The number of methoxy groups -OCH3 is 1. The molecule has 0 spiro atoms. The lowest BCUT2D eigenvalue weighted by Crippen LogP contribution is -2.23. The van der Waals surface area contributed by atoms with Gasteiger partial charge in [-0.15, -0.1) is 11.3 Å². The van der Waals surface area contributed by atoms with E-state index in [1.807, 2.05) is 45.4 Å². The number of carbonyl (C=O) groups excluding carboxylic acids is 1. The number of thiazole rings is 1. The summed E-state index contributed by atoms with van der Waals surface area (Å²) < 4.78 is 6.96. The van der Waals surface area contributed by atoms with Crippen LogP contribution in [0.15, 0.2) is 42.0 Å². The minimum absolute atomic E-state index is 0.204. The Hall–Kier alpha value is -2.71. The summed E-state index contributed by atoms with van der Waals surface area (Å²) in [5.74, 6) is 0.204. The number of aromatic nitrogens is 3. The number of anilines is 3. The van der Waals surface area contributed by atoms with E-state index < -0.39 is 0 Å². The molecule has 3 heterocycles. The van der Waals surface area contributed by atoms with Crippen LogP contribution in [0.1, 0.15) is 19.3 Å². The largest absolute Gasteiger partial charge is 0.385 e. The summed E-state index contributed by atoms with van der Waals surface area (Å²) in [5, 5.41) is 10.5. The van der Waals surface area contributed by atoms with Crippen molar-refractivity contribution in [1.82, 2.24) is 14.8 Å². The molecule has 1 N–H and O–H groups in total. The van der Waals surface area contributed by atoms with Gasteiger partial charge in [0.05, 0.1) is 17.6 Å². The molecule has 0 unspecified atom stereocenters. The summed E-state index contributed by atoms with van der Waals surface area (Å²) in [5.41, 5.74) is 3.83. The van der Waals surface area contributed by atoms with E-state index in [2.05, 4.69) is 15.4 Å². The maximum atomic E-state index is 11.9. The van der Waals surface area contributed by atoms with E-state index in [0.717, 1.165) is 60.3 Å². The molecule has 0 atom stereocenters. The van der Waals surface area contributed by atoms with Gasteiger partial charge in [0.15, 0.2) is 5.13 Å². The molecule has 0 saturated carbocycles. The molecule has 1 saturated heterocycles. The fourth-order valence-corrected chi connectivity index (χ4v) is 3.98. The van der Waals surface area contributed by atoms with Crippen LogP contribution in [0.3, 0.4) is 0 Å². The normalized spacial score (nSPS) is 14.0. The third-order valence-corrected chi connectivity index (χ3v) is 5.43. The lowest BCUT2D eigenvalue weighted by atomic mass is 10.1. The zero-order valence-electron chi connectivity index (χ0n) is 15.8. The second-order valence-corrected chi connectivity index (χ2v) is 7.56. The SMILES string of the molecule is COCCCn1cc(Nc2nc(-c3ccc(N4CCCC4=O)cc3)cs2)cn1. The van der Waals surface area contributed by atoms with Gasteiger partial charge in [-0.1, -0.05) is 12.1 Å². The summed E-state index contributed by atoms with van der Waals surface area (Å²) in [6.07, 6.45) is 6.28. The van der Waals surface area contributed by atoms with Gasteiger partial charge in [-0.25, -0.2) is 4.98 Å². The van der Waals surface area contributed by atoms with Crippen molar-refractivity contribution in [2.24, 2.45) is 0 Å². The number of carbonyl (C=O) groups is 1. The lowest BCUT2D eigenvalue weighted by molar-refractivity contribution is -0.117. The van der Waals surface area contributed by atoms with Crippen LogP contribution in [-0.2, 0) is 16.1 Å². The molecule has 1 fully saturated rings. The summed E-state index contributed by atoms with van der Waals surface area (Å²) in [4.78, 5) is 18.4. The third-order valence-electron chi connectivity index (χ3n) is 4.67. The van der Waals surface area contributed by atoms with Gasteiger partial charge in [0, 0.05) is 56.1 Å². The number of aryl methyl sites for hydroxylation is 1.